The Kier molecular flexibility index (Phi) is 6.67. The Morgan fingerprint density at radius 1 is 1.42 bits per heavy atom. The third kappa shape index (κ3) is 5.49. The first kappa shape index (κ1) is 15.8. The van der Waals surface area contributed by atoms with E-state index in [1.165, 1.54) is 0 Å². The molecule has 0 aliphatic heterocycles. The van der Waals surface area contributed by atoms with Crippen LogP contribution >= 0.6 is 11.6 Å². The summed E-state index contributed by atoms with van der Waals surface area (Å²) in [5, 5.41) is 6.51. The summed E-state index contributed by atoms with van der Waals surface area (Å²) in [4.78, 5) is 11.8. The number of hydrogen-bond acceptors (Lipinski definition) is 3. The minimum Gasteiger partial charge on any atom is -0.492 e. The van der Waals surface area contributed by atoms with E-state index >= 15 is 0 Å². The van der Waals surface area contributed by atoms with Gasteiger partial charge in [0.2, 0.25) is 5.91 Å². The molecular formula is C14H21ClN2O2. The van der Waals surface area contributed by atoms with Crippen molar-refractivity contribution in [3.63, 3.8) is 0 Å². The summed E-state index contributed by atoms with van der Waals surface area (Å²) in [6.45, 7) is 7.30. The van der Waals surface area contributed by atoms with Gasteiger partial charge in [0, 0.05) is 18.2 Å². The number of halogens is 1. The van der Waals surface area contributed by atoms with Crippen molar-refractivity contribution in [2.75, 3.05) is 18.5 Å². The molecule has 2 N–H and O–H groups in total. The lowest BCUT2D eigenvalue weighted by Gasteiger charge is -2.13. The highest BCUT2D eigenvalue weighted by molar-refractivity contribution is 6.32. The van der Waals surface area contributed by atoms with Crippen molar-refractivity contribution in [1.82, 2.24) is 5.32 Å². The van der Waals surface area contributed by atoms with Crippen molar-refractivity contribution in [3.8, 4) is 5.75 Å². The lowest BCUT2D eigenvalue weighted by atomic mass is 10.2. The van der Waals surface area contributed by atoms with E-state index in [9.17, 15) is 4.79 Å². The Labute approximate surface area is 119 Å². The van der Waals surface area contributed by atoms with Gasteiger partial charge in [-0.25, -0.2) is 0 Å². The highest BCUT2D eigenvalue weighted by Crippen LogP contribution is 2.27. The molecular weight excluding hydrogens is 264 g/mol. The van der Waals surface area contributed by atoms with Crippen molar-refractivity contribution in [2.45, 2.75) is 33.2 Å². The molecule has 1 aromatic rings. The van der Waals surface area contributed by atoms with E-state index in [1.54, 1.807) is 18.2 Å². The van der Waals surface area contributed by atoms with E-state index in [4.69, 9.17) is 16.3 Å². The number of rotatable bonds is 7. The van der Waals surface area contributed by atoms with E-state index < -0.39 is 0 Å². The van der Waals surface area contributed by atoms with Crippen LogP contribution in [0.25, 0.3) is 0 Å². The predicted octanol–water partition coefficient (Wildman–Crippen LogP) is 3.07. The number of benzene rings is 1. The van der Waals surface area contributed by atoms with Crippen LogP contribution in [0.5, 0.6) is 5.75 Å². The maximum Gasteiger partial charge on any atom is 0.225 e. The van der Waals surface area contributed by atoms with Crippen LogP contribution in [0.4, 0.5) is 5.69 Å². The summed E-state index contributed by atoms with van der Waals surface area (Å²) in [5.74, 6) is 0.594. The lowest BCUT2D eigenvalue weighted by Crippen LogP contribution is -2.30. The summed E-state index contributed by atoms with van der Waals surface area (Å²) in [6, 6.07) is 5.40. The van der Waals surface area contributed by atoms with Crippen molar-refractivity contribution >= 4 is 23.2 Å². The minimum absolute atomic E-state index is 0.0336. The second-order valence-electron chi connectivity index (χ2n) is 4.29. The van der Waals surface area contributed by atoms with Crippen LogP contribution in [0.1, 0.15) is 27.2 Å². The second-order valence-corrected chi connectivity index (χ2v) is 4.70. The Balaban J connectivity index is 2.57. The molecule has 0 heterocycles. The summed E-state index contributed by atoms with van der Waals surface area (Å²) < 4.78 is 5.34. The van der Waals surface area contributed by atoms with Gasteiger partial charge in [0.25, 0.3) is 0 Å². The molecule has 1 atom stereocenters. The predicted molar refractivity (Wildman–Crippen MR) is 79.0 cm³/mol. The molecule has 0 spiro atoms. The number of carbonyl (C=O) groups is 1. The topological polar surface area (TPSA) is 50.4 Å². The summed E-state index contributed by atoms with van der Waals surface area (Å²) >= 11 is 6.06. The molecule has 0 aromatic heterocycles. The maximum atomic E-state index is 11.8. The standard InChI is InChI=1S/C14H21ClN2O2/c1-4-16-10(3)8-14(18)17-11-6-7-13(19-5-2)12(15)9-11/h6-7,9-10,16H,4-5,8H2,1-3H3,(H,17,18). The van der Waals surface area contributed by atoms with Gasteiger partial charge in [-0.2, -0.15) is 0 Å². The van der Waals surface area contributed by atoms with Crippen molar-refractivity contribution in [2.24, 2.45) is 0 Å². The highest BCUT2D eigenvalue weighted by atomic mass is 35.5. The quantitative estimate of drug-likeness (QED) is 0.809. The zero-order chi connectivity index (χ0) is 14.3. The van der Waals surface area contributed by atoms with Crippen LogP contribution in [0, 0.1) is 0 Å². The van der Waals surface area contributed by atoms with Crippen molar-refractivity contribution in [1.29, 1.82) is 0 Å². The number of hydrogen-bond donors (Lipinski definition) is 2. The first-order valence-corrected chi connectivity index (χ1v) is 6.90. The smallest absolute Gasteiger partial charge is 0.225 e. The van der Waals surface area contributed by atoms with Crippen LogP contribution in [0.3, 0.4) is 0 Å². The van der Waals surface area contributed by atoms with Crippen molar-refractivity contribution < 1.29 is 9.53 Å². The molecule has 19 heavy (non-hydrogen) atoms. The van der Waals surface area contributed by atoms with Gasteiger partial charge >= 0.3 is 0 Å². The van der Waals surface area contributed by atoms with Gasteiger partial charge in [0.1, 0.15) is 5.75 Å². The van der Waals surface area contributed by atoms with Crippen LogP contribution in [0.2, 0.25) is 5.02 Å². The molecule has 0 fully saturated rings. The van der Waals surface area contributed by atoms with E-state index in [1.807, 2.05) is 20.8 Å². The normalized spacial score (nSPS) is 12.0. The zero-order valence-electron chi connectivity index (χ0n) is 11.6. The largest absolute Gasteiger partial charge is 0.492 e. The highest BCUT2D eigenvalue weighted by Gasteiger charge is 2.09. The minimum atomic E-state index is -0.0336. The van der Waals surface area contributed by atoms with Crippen LogP contribution < -0.4 is 15.4 Å². The van der Waals surface area contributed by atoms with Gasteiger partial charge < -0.3 is 15.4 Å². The maximum absolute atomic E-state index is 11.8. The molecule has 5 heteroatoms. The average Bonchev–Trinajstić information content (AvgIpc) is 2.32. The molecule has 0 aliphatic carbocycles. The first-order valence-electron chi connectivity index (χ1n) is 6.52. The fraction of sp³-hybridized carbons (Fsp3) is 0.500. The Bertz CT molecular complexity index is 424. The summed E-state index contributed by atoms with van der Waals surface area (Å²) in [7, 11) is 0. The summed E-state index contributed by atoms with van der Waals surface area (Å²) in [5.41, 5.74) is 0.683. The van der Waals surface area contributed by atoms with Gasteiger partial charge in [-0.3, -0.25) is 4.79 Å². The molecule has 0 saturated carbocycles. The van der Waals surface area contributed by atoms with Gasteiger partial charge in [-0.1, -0.05) is 18.5 Å². The monoisotopic (exact) mass is 284 g/mol. The Morgan fingerprint density at radius 2 is 2.16 bits per heavy atom. The Hall–Kier alpha value is -1.26. The molecule has 0 saturated heterocycles. The number of amides is 1. The molecule has 0 bridgehead atoms. The first-order chi connectivity index (χ1) is 9.06. The van der Waals surface area contributed by atoms with Gasteiger partial charge in [-0.05, 0) is 38.6 Å². The van der Waals surface area contributed by atoms with E-state index in [0.29, 0.717) is 29.5 Å². The second kappa shape index (κ2) is 8.02. The lowest BCUT2D eigenvalue weighted by molar-refractivity contribution is -0.116. The number of anilines is 1. The van der Waals surface area contributed by atoms with Crippen LogP contribution in [-0.2, 0) is 4.79 Å². The van der Waals surface area contributed by atoms with E-state index in [0.717, 1.165) is 6.54 Å². The fourth-order valence-electron chi connectivity index (χ4n) is 1.76. The van der Waals surface area contributed by atoms with Crippen molar-refractivity contribution in [3.05, 3.63) is 23.2 Å². The molecule has 106 valence electrons. The molecule has 0 radical (unpaired) electrons. The summed E-state index contributed by atoms with van der Waals surface area (Å²) in [6.07, 6.45) is 0.429. The Morgan fingerprint density at radius 3 is 2.74 bits per heavy atom. The molecule has 0 aliphatic rings. The third-order valence-corrected chi connectivity index (χ3v) is 2.86. The number of carbonyl (C=O) groups excluding carboxylic acids is 1. The van der Waals surface area contributed by atoms with Gasteiger partial charge in [0.05, 0.1) is 11.6 Å². The van der Waals surface area contributed by atoms with E-state index in [-0.39, 0.29) is 11.9 Å². The molecule has 1 rings (SSSR count). The number of nitrogens with one attached hydrogen (secondary N) is 2. The fourth-order valence-corrected chi connectivity index (χ4v) is 2.00. The van der Waals surface area contributed by atoms with Gasteiger partial charge in [0.15, 0.2) is 0 Å². The number of ether oxygens (including phenoxy) is 1. The van der Waals surface area contributed by atoms with Crippen LogP contribution in [0.15, 0.2) is 18.2 Å². The van der Waals surface area contributed by atoms with Crippen LogP contribution in [-0.4, -0.2) is 25.1 Å². The van der Waals surface area contributed by atoms with E-state index in [2.05, 4.69) is 10.6 Å². The third-order valence-electron chi connectivity index (χ3n) is 2.56. The molecule has 1 aromatic carbocycles. The van der Waals surface area contributed by atoms with Gasteiger partial charge in [-0.15, -0.1) is 0 Å². The average molecular weight is 285 g/mol. The molecule has 4 nitrogen and oxygen atoms in total. The zero-order valence-corrected chi connectivity index (χ0v) is 12.4. The molecule has 1 amide bonds. The molecule has 1 unspecified atom stereocenters. The SMILES string of the molecule is CCNC(C)CC(=O)Nc1ccc(OCC)c(Cl)c1.